The number of carbonyl (C=O) groups excluding carboxylic acids is 1. The van der Waals surface area contributed by atoms with Gasteiger partial charge in [-0.25, -0.2) is 0 Å². The van der Waals surface area contributed by atoms with E-state index in [1.54, 1.807) is 20.0 Å². The second-order valence-electron chi connectivity index (χ2n) is 10.3. The summed E-state index contributed by atoms with van der Waals surface area (Å²) >= 11 is 0. The van der Waals surface area contributed by atoms with Crippen LogP contribution in [0.5, 0.6) is 0 Å². The van der Waals surface area contributed by atoms with Gasteiger partial charge in [-0.2, -0.15) is 0 Å². The van der Waals surface area contributed by atoms with Gasteiger partial charge in [0.1, 0.15) is 5.60 Å². The summed E-state index contributed by atoms with van der Waals surface area (Å²) in [6.45, 7) is 8.42. The molecule has 1 amide bonds. The Hall–Kier alpha value is -2.76. The van der Waals surface area contributed by atoms with E-state index in [2.05, 4.69) is 21.7 Å². The number of aromatic nitrogens is 1. The van der Waals surface area contributed by atoms with Gasteiger partial charge in [0.05, 0.1) is 19.3 Å². The Morgan fingerprint density at radius 3 is 2.61 bits per heavy atom. The Balaban J connectivity index is 1.43. The molecule has 7 heteroatoms. The van der Waals surface area contributed by atoms with Crippen LogP contribution in [0.3, 0.4) is 0 Å². The standard InChI is InChI=1S/C29H37N3O4/c1-29(2,34)12-9-23-5-7-24(8-6-23)17-31-19-27(36-22-26-4-3-13-30-16-26)20-32(28(33)21-31)18-25-10-14-35-15-11-25/h3-8,13,16,25,27,34H,10-11,14-15,17-22H2,1-2H3. The summed E-state index contributed by atoms with van der Waals surface area (Å²) in [5, 5.41) is 9.83. The van der Waals surface area contributed by atoms with E-state index in [1.807, 2.05) is 47.5 Å². The highest BCUT2D eigenvalue weighted by Crippen LogP contribution is 2.20. The summed E-state index contributed by atoms with van der Waals surface area (Å²) in [6, 6.07) is 11.9. The van der Waals surface area contributed by atoms with Gasteiger partial charge >= 0.3 is 0 Å². The van der Waals surface area contributed by atoms with E-state index in [0.29, 0.717) is 38.7 Å². The van der Waals surface area contributed by atoms with Crippen molar-refractivity contribution in [3.63, 3.8) is 0 Å². The number of pyridine rings is 1. The fourth-order valence-corrected chi connectivity index (χ4v) is 4.57. The van der Waals surface area contributed by atoms with E-state index in [0.717, 1.165) is 49.3 Å². The van der Waals surface area contributed by atoms with Gasteiger partial charge in [0, 0.05) is 57.3 Å². The number of ether oxygens (including phenoxy) is 2. The minimum Gasteiger partial charge on any atom is -0.381 e. The molecular weight excluding hydrogens is 454 g/mol. The molecule has 1 atom stereocenters. The average molecular weight is 492 g/mol. The van der Waals surface area contributed by atoms with Crippen LogP contribution >= 0.6 is 0 Å². The minimum atomic E-state index is -1.02. The smallest absolute Gasteiger partial charge is 0.236 e. The van der Waals surface area contributed by atoms with Gasteiger partial charge in [0.2, 0.25) is 5.91 Å². The number of amides is 1. The van der Waals surface area contributed by atoms with E-state index < -0.39 is 5.60 Å². The highest BCUT2D eigenvalue weighted by atomic mass is 16.5. The van der Waals surface area contributed by atoms with Gasteiger partial charge in [-0.3, -0.25) is 14.7 Å². The van der Waals surface area contributed by atoms with Crippen LogP contribution in [0.2, 0.25) is 0 Å². The molecule has 0 radical (unpaired) electrons. The van der Waals surface area contributed by atoms with E-state index in [-0.39, 0.29) is 12.0 Å². The van der Waals surface area contributed by atoms with Crippen LogP contribution in [-0.4, -0.2) is 76.9 Å². The van der Waals surface area contributed by atoms with Crippen molar-refractivity contribution in [3.05, 3.63) is 65.5 Å². The third-order valence-electron chi connectivity index (χ3n) is 6.50. The molecule has 1 aromatic heterocycles. The van der Waals surface area contributed by atoms with E-state index >= 15 is 0 Å². The summed E-state index contributed by atoms with van der Waals surface area (Å²) in [4.78, 5) is 21.7. The first-order valence-corrected chi connectivity index (χ1v) is 12.8. The van der Waals surface area contributed by atoms with Crippen molar-refractivity contribution in [1.29, 1.82) is 0 Å². The molecule has 0 saturated carbocycles. The van der Waals surface area contributed by atoms with Gasteiger partial charge in [-0.1, -0.05) is 30.0 Å². The summed E-state index contributed by atoms with van der Waals surface area (Å²) in [6.07, 6.45) is 5.48. The molecule has 2 aliphatic heterocycles. The molecule has 36 heavy (non-hydrogen) atoms. The number of benzene rings is 1. The number of hydrogen-bond donors (Lipinski definition) is 1. The third-order valence-corrected chi connectivity index (χ3v) is 6.50. The summed E-state index contributed by atoms with van der Waals surface area (Å²) in [5.74, 6) is 6.48. The van der Waals surface area contributed by atoms with Crippen LogP contribution in [0.15, 0.2) is 48.8 Å². The van der Waals surface area contributed by atoms with Crippen LogP contribution in [-0.2, 0) is 27.4 Å². The van der Waals surface area contributed by atoms with Crippen molar-refractivity contribution in [1.82, 2.24) is 14.8 Å². The van der Waals surface area contributed by atoms with Crippen molar-refractivity contribution < 1.29 is 19.4 Å². The van der Waals surface area contributed by atoms with Crippen LogP contribution in [0, 0.1) is 17.8 Å². The molecule has 2 aromatic rings. The zero-order valence-corrected chi connectivity index (χ0v) is 21.4. The Labute approximate surface area is 214 Å². The predicted octanol–water partition coefficient (Wildman–Crippen LogP) is 2.86. The molecule has 1 N–H and O–H groups in total. The topological polar surface area (TPSA) is 75.1 Å². The maximum Gasteiger partial charge on any atom is 0.236 e. The van der Waals surface area contributed by atoms with Gasteiger partial charge in [0.15, 0.2) is 0 Å². The lowest BCUT2D eigenvalue weighted by Crippen LogP contribution is -2.42. The number of nitrogens with zero attached hydrogens (tertiary/aromatic N) is 3. The Bertz CT molecular complexity index is 1030. The molecule has 2 fully saturated rings. The molecule has 2 saturated heterocycles. The first-order valence-electron chi connectivity index (χ1n) is 12.8. The Morgan fingerprint density at radius 1 is 1.14 bits per heavy atom. The molecule has 7 nitrogen and oxygen atoms in total. The van der Waals surface area contributed by atoms with Crippen molar-refractivity contribution >= 4 is 5.91 Å². The highest BCUT2D eigenvalue weighted by Gasteiger charge is 2.30. The SMILES string of the molecule is CC(C)(O)C#Cc1ccc(CN2CC(=O)N(CC3CCOCC3)CC(OCc3cccnc3)C2)cc1. The molecule has 0 aliphatic carbocycles. The second kappa shape index (κ2) is 12.5. The summed E-state index contributed by atoms with van der Waals surface area (Å²) in [7, 11) is 0. The van der Waals surface area contributed by atoms with Crippen molar-refractivity contribution in [3.8, 4) is 11.8 Å². The maximum absolute atomic E-state index is 13.3. The van der Waals surface area contributed by atoms with Gasteiger partial charge in [-0.05, 0) is 61.9 Å². The lowest BCUT2D eigenvalue weighted by atomic mass is 9.99. The minimum absolute atomic E-state index is 0.0894. The van der Waals surface area contributed by atoms with Gasteiger partial charge < -0.3 is 19.5 Å². The summed E-state index contributed by atoms with van der Waals surface area (Å²) in [5.41, 5.74) is 1.97. The largest absolute Gasteiger partial charge is 0.381 e. The van der Waals surface area contributed by atoms with Crippen LogP contribution in [0.4, 0.5) is 0 Å². The highest BCUT2D eigenvalue weighted by molar-refractivity contribution is 5.78. The van der Waals surface area contributed by atoms with Crippen molar-refractivity contribution in [2.24, 2.45) is 5.92 Å². The van der Waals surface area contributed by atoms with Gasteiger partial charge in [0.25, 0.3) is 0 Å². The Morgan fingerprint density at radius 2 is 1.92 bits per heavy atom. The maximum atomic E-state index is 13.3. The molecule has 4 rings (SSSR count). The zero-order chi connectivity index (χ0) is 25.4. The second-order valence-corrected chi connectivity index (χ2v) is 10.3. The van der Waals surface area contributed by atoms with E-state index in [9.17, 15) is 9.90 Å². The molecule has 0 bridgehead atoms. The fraction of sp³-hybridized carbons (Fsp3) is 0.517. The molecular formula is C29H37N3O4. The molecule has 192 valence electrons. The Kier molecular flexibility index (Phi) is 9.11. The van der Waals surface area contributed by atoms with Crippen LogP contribution in [0.25, 0.3) is 0 Å². The molecule has 3 heterocycles. The molecule has 0 spiro atoms. The first kappa shape index (κ1) is 26.3. The molecule has 1 aromatic carbocycles. The van der Waals surface area contributed by atoms with Crippen molar-refractivity contribution in [2.75, 3.05) is 39.4 Å². The summed E-state index contributed by atoms with van der Waals surface area (Å²) < 4.78 is 11.8. The van der Waals surface area contributed by atoms with Crippen molar-refractivity contribution in [2.45, 2.75) is 51.5 Å². The fourth-order valence-electron chi connectivity index (χ4n) is 4.57. The number of carbonyl (C=O) groups is 1. The monoisotopic (exact) mass is 491 g/mol. The number of hydrogen-bond acceptors (Lipinski definition) is 6. The first-order chi connectivity index (χ1) is 17.3. The molecule has 1 unspecified atom stereocenters. The third kappa shape index (κ3) is 8.42. The normalized spacial score (nSPS) is 20.0. The quantitative estimate of drug-likeness (QED) is 0.601. The lowest BCUT2D eigenvalue weighted by Gasteiger charge is -2.30. The zero-order valence-electron chi connectivity index (χ0n) is 21.4. The van der Waals surface area contributed by atoms with E-state index in [1.165, 1.54) is 0 Å². The predicted molar refractivity (Wildman–Crippen MR) is 138 cm³/mol. The van der Waals surface area contributed by atoms with E-state index in [4.69, 9.17) is 9.47 Å². The molecule has 2 aliphatic rings. The number of rotatable bonds is 7. The van der Waals surface area contributed by atoms with Gasteiger partial charge in [-0.15, -0.1) is 0 Å². The lowest BCUT2D eigenvalue weighted by molar-refractivity contribution is -0.133. The average Bonchev–Trinajstić information content (AvgIpc) is 3.01. The van der Waals surface area contributed by atoms with Crippen LogP contribution in [0.1, 0.15) is 43.4 Å². The van der Waals surface area contributed by atoms with Crippen LogP contribution < -0.4 is 0 Å². The number of aliphatic hydroxyl groups is 1.